The normalized spacial score (nSPS) is 11.9. The van der Waals surface area contributed by atoms with Crippen molar-refractivity contribution in [2.24, 2.45) is 10.7 Å². The van der Waals surface area contributed by atoms with Crippen LogP contribution in [0.3, 0.4) is 0 Å². The van der Waals surface area contributed by atoms with Crippen LogP contribution in [-0.4, -0.2) is 36.5 Å². The third-order valence-electron chi connectivity index (χ3n) is 2.73. The summed E-state index contributed by atoms with van der Waals surface area (Å²) in [4.78, 5) is 3.86. The molecule has 3 N–H and O–H groups in total. The Hall–Kier alpha value is -1.56. The third-order valence-corrected chi connectivity index (χ3v) is 2.73. The summed E-state index contributed by atoms with van der Waals surface area (Å²) in [5, 5.41) is 7.51. The Bertz CT molecular complexity index is 397. The van der Waals surface area contributed by atoms with Gasteiger partial charge in [0, 0.05) is 32.0 Å². The minimum absolute atomic E-state index is 0.438. The summed E-state index contributed by atoms with van der Waals surface area (Å²) >= 11 is 0. The van der Waals surface area contributed by atoms with Crippen molar-refractivity contribution in [3.05, 3.63) is 17.0 Å². The van der Waals surface area contributed by atoms with Gasteiger partial charge in [0.1, 0.15) is 0 Å². The Morgan fingerprint density at radius 3 is 2.82 bits per heavy atom. The number of guanidine groups is 1. The number of rotatable bonds is 5. The highest BCUT2D eigenvalue weighted by Crippen LogP contribution is 2.12. The fourth-order valence-electron chi connectivity index (χ4n) is 1.64. The highest BCUT2D eigenvalue weighted by atomic mass is 16.5. The van der Waals surface area contributed by atoms with Gasteiger partial charge in [-0.25, -0.2) is 0 Å². The number of nitrogens with two attached hydrogens (primary N) is 1. The second kappa shape index (κ2) is 6.24. The van der Waals surface area contributed by atoms with Crippen LogP contribution in [0, 0.1) is 13.8 Å². The van der Waals surface area contributed by atoms with Gasteiger partial charge < -0.3 is 15.8 Å². The molecule has 1 heterocycles. The van der Waals surface area contributed by atoms with Gasteiger partial charge in [-0.05, 0) is 13.8 Å². The highest BCUT2D eigenvalue weighted by molar-refractivity contribution is 5.77. The summed E-state index contributed by atoms with van der Waals surface area (Å²) in [6, 6.07) is 0. The maximum atomic E-state index is 5.60. The van der Waals surface area contributed by atoms with Crippen LogP contribution in [0.5, 0.6) is 0 Å². The molecule has 0 saturated heterocycles. The highest BCUT2D eigenvalue weighted by Gasteiger charge is 2.10. The zero-order chi connectivity index (χ0) is 12.8. The second-order valence-corrected chi connectivity index (χ2v) is 3.83. The molecule has 17 heavy (non-hydrogen) atoms. The molecule has 0 aliphatic heterocycles. The first-order valence-electron chi connectivity index (χ1n) is 5.58. The molecule has 0 bridgehead atoms. The maximum Gasteiger partial charge on any atom is 0.188 e. The van der Waals surface area contributed by atoms with Gasteiger partial charge in [0.15, 0.2) is 5.96 Å². The molecular weight excluding hydrogens is 218 g/mol. The van der Waals surface area contributed by atoms with Crippen LogP contribution in [0.1, 0.15) is 17.0 Å². The van der Waals surface area contributed by atoms with E-state index in [9.17, 15) is 0 Å². The van der Waals surface area contributed by atoms with Crippen molar-refractivity contribution in [1.82, 2.24) is 15.1 Å². The van der Waals surface area contributed by atoms with Crippen molar-refractivity contribution in [3.8, 4) is 0 Å². The molecule has 0 fully saturated rings. The van der Waals surface area contributed by atoms with Crippen LogP contribution in [0.25, 0.3) is 0 Å². The van der Waals surface area contributed by atoms with Gasteiger partial charge in [0.05, 0.1) is 18.8 Å². The Morgan fingerprint density at radius 1 is 1.53 bits per heavy atom. The van der Waals surface area contributed by atoms with Gasteiger partial charge in [0.2, 0.25) is 0 Å². The first kappa shape index (κ1) is 13.5. The van der Waals surface area contributed by atoms with Crippen LogP contribution in [0.15, 0.2) is 4.99 Å². The van der Waals surface area contributed by atoms with Crippen molar-refractivity contribution in [2.45, 2.75) is 26.9 Å². The van der Waals surface area contributed by atoms with Crippen molar-refractivity contribution in [2.75, 3.05) is 20.8 Å². The van der Waals surface area contributed by atoms with E-state index in [2.05, 4.69) is 15.4 Å². The van der Waals surface area contributed by atoms with E-state index in [0.717, 1.165) is 23.5 Å². The Kier molecular flexibility index (Phi) is 4.96. The van der Waals surface area contributed by atoms with Crippen LogP contribution in [-0.2, 0) is 17.8 Å². The molecule has 6 nitrogen and oxygen atoms in total. The zero-order valence-electron chi connectivity index (χ0n) is 10.9. The SMILES string of the molecule is CN=C(N)NCc1c(C)nn(CCOC)c1C. The smallest absolute Gasteiger partial charge is 0.188 e. The number of methoxy groups -OCH3 is 1. The number of hydrogen-bond donors (Lipinski definition) is 2. The number of aryl methyl sites for hydroxylation is 1. The second-order valence-electron chi connectivity index (χ2n) is 3.83. The molecule has 0 aliphatic carbocycles. The van der Waals surface area contributed by atoms with Gasteiger partial charge in [-0.3, -0.25) is 9.67 Å². The molecular formula is C11H21N5O. The average molecular weight is 239 g/mol. The quantitative estimate of drug-likeness (QED) is 0.567. The van der Waals surface area contributed by atoms with E-state index < -0.39 is 0 Å². The molecule has 0 aliphatic rings. The summed E-state index contributed by atoms with van der Waals surface area (Å²) in [7, 11) is 3.34. The van der Waals surface area contributed by atoms with E-state index in [4.69, 9.17) is 10.5 Å². The third kappa shape index (κ3) is 3.45. The zero-order valence-corrected chi connectivity index (χ0v) is 10.9. The Morgan fingerprint density at radius 2 is 2.24 bits per heavy atom. The number of nitrogens with zero attached hydrogens (tertiary/aromatic N) is 3. The number of nitrogens with one attached hydrogen (secondary N) is 1. The van der Waals surface area contributed by atoms with Crippen LogP contribution in [0.4, 0.5) is 0 Å². The fourth-order valence-corrected chi connectivity index (χ4v) is 1.64. The molecule has 1 aromatic rings. The van der Waals surface area contributed by atoms with Gasteiger partial charge >= 0.3 is 0 Å². The summed E-state index contributed by atoms with van der Waals surface area (Å²) in [6.45, 7) is 6.11. The average Bonchev–Trinajstić information content (AvgIpc) is 2.59. The maximum absolute atomic E-state index is 5.60. The van der Waals surface area contributed by atoms with Crippen LogP contribution in [0.2, 0.25) is 0 Å². The van der Waals surface area contributed by atoms with E-state index in [0.29, 0.717) is 19.1 Å². The molecule has 0 atom stereocenters. The van der Waals surface area contributed by atoms with Crippen LogP contribution >= 0.6 is 0 Å². The minimum Gasteiger partial charge on any atom is -0.383 e. The first-order valence-corrected chi connectivity index (χ1v) is 5.58. The van der Waals surface area contributed by atoms with Gasteiger partial charge in [0.25, 0.3) is 0 Å². The monoisotopic (exact) mass is 239 g/mol. The largest absolute Gasteiger partial charge is 0.383 e. The molecule has 1 rings (SSSR count). The molecule has 1 aromatic heterocycles. The van der Waals surface area contributed by atoms with E-state index in [1.54, 1.807) is 14.2 Å². The van der Waals surface area contributed by atoms with Gasteiger partial charge in [-0.15, -0.1) is 0 Å². The Labute approximate surface area is 102 Å². The van der Waals surface area contributed by atoms with E-state index in [-0.39, 0.29) is 0 Å². The molecule has 0 amide bonds. The Balaban J connectivity index is 2.75. The molecule has 0 spiro atoms. The van der Waals surface area contributed by atoms with E-state index in [1.807, 2.05) is 18.5 Å². The van der Waals surface area contributed by atoms with Crippen molar-refractivity contribution in [1.29, 1.82) is 0 Å². The summed E-state index contributed by atoms with van der Waals surface area (Å²) in [6.07, 6.45) is 0. The molecule has 0 saturated carbocycles. The van der Waals surface area contributed by atoms with Crippen molar-refractivity contribution >= 4 is 5.96 Å². The lowest BCUT2D eigenvalue weighted by Crippen LogP contribution is -2.31. The minimum atomic E-state index is 0.438. The lowest BCUT2D eigenvalue weighted by atomic mass is 10.2. The fraction of sp³-hybridized carbons (Fsp3) is 0.636. The molecule has 0 radical (unpaired) electrons. The van der Waals surface area contributed by atoms with Crippen molar-refractivity contribution in [3.63, 3.8) is 0 Å². The summed E-state index contributed by atoms with van der Waals surface area (Å²) < 4.78 is 7.00. The number of aromatic nitrogens is 2. The number of ether oxygens (including phenoxy) is 1. The molecule has 0 aromatic carbocycles. The van der Waals surface area contributed by atoms with Crippen molar-refractivity contribution < 1.29 is 4.74 Å². The summed E-state index contributed by atoms with van der Waals surface area (Å²) in [5.41, 5.74) is 8.90. The van der Waals surface area contributed by atoms with Gasteiger partial charge in [-0.2, -0.15) is 5.10 Å². The number of hydrogen-bond acceptors (Lipinski definition) is 3. The lowest BCUT2D eigenvalue weighted by Gasteiger charge is -2.06. The first-order chi connectivity index (χ1) is 8.10. The lowest BCUT2D eigenvalue weighted by molar-refractivity contribution is 0.182. The standard InChI is InChI=1S/C11H21N5O/c1-8-10(7-14-11(12)13-3)9(2)16(15-8)5-6-17-4/h5-7H2,1-4H3,(H3,12,13,14). The summed E-state index contributed by atoms with van der Waals surface area (Å²) in [5.74, 6) is 0.438. The predicted octanol–water partition coefficient (Wildman–Crippen LogP) is 0.180. The molecule has 96 valence electrons. The van der Waals surface area contributed by atoms with Crippen LogP contribution < -0.4 is 11.1 Å². The topological polar surface area (TPSA) is 77.5 Å². The molecule has 6 heteroatoms. The van der Waals surface area contributed by atoms with E-state index >= 15 is 0 Å². The molecule has 0 unspecified atom stereocenters. The number of aliphatic imine (C=N–C) groups is 1. The van der Waals surface area contributed by atoms with E-state index in [1.165, 1.54) is 0 Å². The predicted molar refractivity (Wildman–Crippen MR) is 68.0 cm³/mol. The van der Waals surface area contributed by atoms with Gasteiger partial charge in [-0.1, -0.05) is 0 Å².